The van der Waals surface area contributed by atoms with Gasteiger partial charge in [-0.2, -0.15) is 0 Å². The van der Waals surface area contributed by atoms with Gasteiger partial charge in [0.05, 0.1) is 0 Å². The summed E-state index contributed by atoms with van der Waals surface area (Å²) in [5, 5.41) is 0. The van der Waals surface area contributed by atoms with Gasteiger partial charge < -0.3 is 5.73 Å². The van der Waals surface area contributed by atoms with Crippen LogP contribution in [0, 0.1) is 6.92 Å². The van der Waals surface area contributed by atoms with Crippen molar-refractivity contribution in [2.45, 2.75) is 6.92 Å². The van der Waals surface area contributed by atoms with E-state index in [2.05, 4.69) is 15.0 Å². The van der Waals surface area contributed by atoms with Crippen LogP contribution in [0.3, 0.4) is 0 Å². The molecular weight excluding hydrogens is 176 g/mol. The van der Waals surface area contributed by atoms with Crippen molar-refractivity contribution in [1.82, 2.24) is 15.0 Å². The second-order valence-electron chi connectivity index (χ2n) is 2.97. The Hall–Kier alpha value is -1.97. The normalized spacial score (nSPS) is 10.1. The van der Waals surface area contributed by atoms with E-state index in [0.29, 0.717) is 11.6 Å². The molecule has 0 bridgehead atoms. The zero-order chi connectivity index (χ0) is 9.97. The highest BCUT2D eigenvalue weighted by molar-refractivity contribution is 5.55. The smallest absolute Gasteiger partial charge is 0.180 e. The molecule has 0 fully saturated rings. The number of aryl methyl sites for hydroxylation is 1. The zero-order valence-electron chi connectivity index (χ0n) is 7.81. The third kappa shape index (κ3) is 1.54. The number of hydrogen-bond acceptors (Lipinski definition) is 4. The van der Waals surface area contributed by atoms with Gasteiger partial charge in [-0.15, -0.1) is 0 Å². The fourth-order valence-corrected chi connectivity index (χ4v) is 1.21. The summed E-state index contributed by atoms with van der Waals surface area (Å²) in [4.78, 5) is 12.4. The molecule has 0 aliphatic rings. The minimum absolute atomic E-state index is 0.458. The summed E-state index contributed by atoms with van der Waals surface area (Å²) in [5.74, 6) is 1.03. The molecular formula is C10H10N4. The van der Waals surface area contributed by atoms with E-state index in [4.69, 9.17) is 5.73 Å². The van der Waals surface area contributed by atoms with E-state index in [1.54, 1.807) is 18.5 Å². The van der Waals surface area contributed by atoms with Crippen LogP contribution in [0.2, 0.25) is 0 Å². The van der Waals surface area contributed by atoms with Crippen LogP contribution in [0.15, 0.2) is 30.6 Å². The molecule has 0 radical (unpaired) electrons. The van der Waals surface area contributed by atoms with Crippen LogP contribution in [-0.4, -0.2) is 15.0 Å². The monoisotopic (exact) mass is 186 g/mol. The lowest BCUT2D eigenvalue weighted by atomic mass is 10.2. The largest absolute Gasteiger partial charge is 0.384 e. The molecule has 2 rings (SSSR count). The molecule has 0 amide bonds. The second kappa shape index (κ2) is 3.41. The molecule has 70 valence electrons. The van der Waals surface area contributed by atoms with Gasteiger partial charge >= 0.3 is 0 Å². The molecule has 2 heterocycles. The first kappa shape index (κ1) is 8.62. The highest BCUT2D eigenvalue weighted by Gasteiger charge is 2.05. The van der Waals surface area contributed by atoms with Crippen molar-refractivity contribution in [3.05, 3.63) is 36.2 Å². The first-order valence-electron chi connectivity index (χ1n) is 4.28. The van der Waals surface area contributed by atoms with Crippen molar-refractivity contribution >= 4 is 5.82 Å². The average molecular weight is 186 g/mol. The van der Waals surface area contributed by atoms with Crippen LogP contribution in [0.25, 0.3) is 11.5 Å². The Morgan fingerprint density at radius 1 is 1.14 bits per heavy atom. The predicted octanol–water partition coefficient (Wildman–Crippen LogP) is 1.43. The minimum atomic E-state index is 0.458. The first-order chi connectivity index (χ1) is 6.77. The van der Waals surface area contributed by atoms with Gasteiger partial charge in [0.15, 0.2) is 5.82 Å². The van der Waals surface area contributed by atoms with Crippen LogP contribution in [0.1, 0.15) is 5.56 Å². The summed E-state index contributed by atoms with van der Waals surface area (Å²) in [5.41, 5.74) is 7.38. The van der Waals surface area contributed by atoms with Gasteiger partial charge in [0, 0.05) is 12.4 Å². The van der Waals surface area contributed by atoms with Crippen LogP contribution in [-0.2, 0) is 0 Å². The van der Waals surface area contributed by atoms with E-state index >= 15 is 0 Å². The molecule has 0 saturated carbocycles. The second-order valence-corrected chi connectivity index (χ2v) is 2.97. The maximum absolute atomic E-state index is 5.57. The van der Waals surface area contributed by atoms with Gasteiger partial charge in [-0.3, -0.25) is 4.98 Å². The number of pyridine rings is 1. The Kier molecular flexibility index (Phi) is 2.10. The van der Waals surface area contributed by atoms with Crippen molar-refractivity contribution in [3.63, 3.8) is 0 Å². The lowest BCUT2D eigenvalue weighted by molar-refractivity contribution is 1.13. The summed E-state index contributed by atoms with van der Waals surface area (Å²) in [6.45, 7) is 1.97. The fraction of sp³-hybridized carbons (Fsp3) is 0.100. The van der Waals surface area contributed by atoms with Gasteiger partial charge in [-0.25, -0.2) is 9.97 Å². The highest BCUT2D eigenvalue weighted by atomic mass is 15.0. The summed E-state index contributed by atoms with van der Waals surface area (Å²) in [7, 11) is 0. The molecule has 4 heteroatoms. The van der Waals surface area contributed by atoms with Crippen LogP contribution < -0.4 is 5.73 Å². The number of nitrogens with two attached hydrogens (primary N) is 1. The van der Waals surface area contributed by atoms with E-state index in [-0.39, 0.29) is 0 Å². The Balaban J connectivity index is 2.55. The summed E-state index contributed by atoms with van der Waals surface area (Å²) >= 11 is 0. The van der Waals surface area contributed by atoms with E-state index in [1.165, 1.54) is 0 Å². The van der Waals surface area contributed by atoms with E-state index < -0.39 is 0 Å². The number of aromatic nitrogens is 3. The Morgan fingerprint density at radius 2 is 2.00 bits per heavy atom. The Labute approximate surface area is 81.9 Å². The lowest BCUT2D eigenvalue weighted by Gasteiger charge is -2.02. The van der Waals surface area contributed by atoms with Crippen molar-refractivity contribution in [3.8, 4) is 11.5 Å². The van der Waals surface area contributed by atoms with Crippen LogP contribution >= 0.6 is 0 Å². The average Bonchev–Trinajstić information content (AvgIpc) is 2.18. The number of rotatable bonds is 1. The maximum Gasteiger partial charge on any atom is 0.180 e. The number of anilines is 1. The molecule has 2 aromatic heterocycles. The van der Waals surface area contributed by atoms with Gasteiger partial charge in [0.2, 0.25) is 0 Å². The molecule has 0 unspecified atom stereocenters. The molecule has 0 saturated heterocycles. The molecule has 0 atom stereocenters. The number of hydrogen-bond donors (Lipinski definition) is 1. The molecule has 2 aromatic rings. The van der Waals surface area contributed by atoms with Gasteiger partial charge in [-0.05, 0) is 24.6 Å². The summed E-state index contributed by atoms with van der Waals surface area (Å²) in [6.07, 6.45) is 3.35. The molecule has 0 aliphatic heterocycles. The zero-order valence-corrected chi connectivity index (χ0v) is 7.81. The van der Waals surface area contributed by atoms with E-state index in [9.17, 15) is 0 Å². The standard InChI is InChI=1S/C10H10N4/c1-7-3-2-5-12-9(7)10-13-6-4-8(11)14-10/h2-6H,1H3,(H2,11,13,14). The maximum atomic E-state index is 5.57. The first-order valence-corrected chi connectivity index (χ1v) is 4.28. The Bertz CT molecular complexity index is 453. The topological polar surface area (TPSA) is 64.7 Å². The van der Waals surface area contributed by atoms with Crippen LogP contribution in [0.4, 0.5) is 5.82 Å². The van der Waals surface area contributed by atoms with E-state index in [0.717, 1.165) is 11.3 Å². The summed E-state index contributed by atoms with van der Waals surface area (Å²) < 4.78 is 0. The minimum Gasteiger partial charge on any atom is -0.384 e. The number of nitrogens with zero attached hydrogens (tertiary/aromatic N) is 3. The molecule has 14 heavy (non-hydrogen) atoms. The van der Waals surface area contributed by atoms with Gasteiger partial charge in [0.1, 0.15) is 11.5 Å². The highest BCUT2D eigenvalue weighted by Crippen LogP contribution is 2.15. The fourth-order valence-electron chi connectivity index (χ4n) is 1.21. The van der Waals surface area contributed by atoms with Crippen molar-refractivity contribution in [1.29, 1.82) is 0 Å². The third-order valence-corrected chi connectivity index (χ3v) is 1.90. The van der Waals surface area contributed by atoms with Gasteiger partial charge in [0.25, 0.3) is 0 Å². The van der Waals surface area contributed by atoms with Crippen molar-refractivity contribution < 1.29 is 0 Å². The Morgan fingerprint density at radius 3 is 2.71 bits per heavy atom. The summed E-state index contributed by atoms with van der Waals surface area (Å²) in [6, 6.07) is 5.50. The predicted molar refractivity (Wildman–Crippen MR) is 54.4 cm³/mol. The molecule has 4 nitrogen and oxygen atoms in total. The van der Waals surface area contributed by atoms with E-state index in [1.807, 2.05) is 19.1 Å². The molecule has 0 aliphatic carbocycles. The van der Waals surface area contributed by atoms with Crippen LogP contribution in [0.5, 0.6) is 0 Å². The SMILES string of the molecule is Cc1cccnc1-c1nccc(N)n1. The molecule has 0 aromatic carbocycles. The van der Waals surface area contributed by atoms with Gasteiger partial charge in [-0.1, -0.05) is 6.07 Å². The third-order valence-electron chi connectivity index (χ3n) is 1.90. The van der Waals surface area contributed by atoms with Crippen molar-refractivity contribution in [2.24, 2.45) is 0 Å². The number of nitrogen functional groups attached to an aromatic ring is 1. The quantitative estimate of drug-likeness (QED) is 0.731. The lowest BCUT2D eigenvalue weighted by Crippen LogP contribution is -1.97. The van der Waals surface area contributed by atoms with Crippen molar-refractivity contribution in [2.75, 3.05) is 5.73 Å². The molecule has 0 spiro atoms. The molecule has 2 N–H and O–H groups in total.